The number of benzene rings is 2. The molecule has 1 heterocycles. The molecule has 0 fully saturated rings. The van der Waals surface area contributed by atoms with Crippen LogP contribution in [0.4, 0.5) is 4.79 Å². The Morgan fingerprint density at radius 1 is 1.09 bits per heavy atom. The molecule has 0 saturated heterocycles. The minimum Gasteiger partial charge on any atom is -0.493 e. The summed E-state index contributed by atoms with van der Waals surface area (Å²) in [5.41, 5.74) is 4.96. The molecule has 0 unspecified atom stereocenters. The van der Waals surface area contributed by atoms with E-state index in [1.807, 2.05) is 13.8 Å². The maximum absolute atomic E-state index is 12.6. The van der Waals surface area contributed by atoms with Crippen molar-refractivity contribution < 1.29 is 14.3 Å². The van der Waals surface area contributed by atoms with E-state index in [2.05, 4.69) is 65.8 Å². The summed E-state index contributed by atoms with van der Waals surface area (Å²) in [5.74, 6) is 1.46. The zero-order valence-corrected chi connectivity index (χ0v) is 20.2. The van der Waals surface area contributed by atoms with Crippen LogP contribution in [0.5, 0.6) is 11.5 Å². The lowest BCUT2D eigenvalue weighted by molar-refractivity contribution is 0.135. The van der Waals surface area contributed by atoms with E-state index in [1.54, 1.807) is 14.2 Å². The van der Waals surface area contributed by atoms with Crippen molar-refractivity contribution >= 4 is 6.03 Å². The lowest BCUT2D eigenvalue weighted by Crippen LogP contribution is -2.51. The fourth-order valence-corrected chi connectivity index (χ4v) is 4.48. The Morgan fingerprint density at radius 3 is 2.34 bits per heavy atom. The van der Waals surface area contributed by atoms with Gasteiger partial charge in [-0.15, -0.1) is 0 Å². The average molecular weight is 440 g/mol. The van der Waals surface area contributed by atoms with Crippen LogP contribution in [0.15, 0.2) is 36.4 Å². The molecule has 174 valence electrons. The summed E-state index contributed by atoms with van der Waals surface area (Å²) in [6.45, 7) is 9.90. The van der Waals surface area contributed by atoms with E-state index < -0.39 is 0 Å². The molecule has 6 nitrogen and oxygen atoms in total. The van der Waals surface area contributed by atoms with E-state index in [0.29, 0.717) is 0 Å². The molecule has 0 radical (unpaired) electrons. The minimum absolute atomic E-state index is 0.0303. The smallest absolute Gasteiger partial charge is 0.315 e. The van der Waals surface area contributed by atoms with Gasteiger partial charge in [-0.2, -0.15) is 0 Å². The largest absolute Gasteiger partial charge is 0.493 e. The molecule has 0 bridgehead atoms. The van der Waals surface area contributed by atoms with E-state index in [4.69, 9.17) is 9.47 Å². The molecule has 0 aliphatic carbocycles. The van der Waals surface area contributed by atoms with Crippen LogP contribution >= 0.6 is 0 Å². The van der Waals surface area contributed by atoms with Crippen LogP contribution in [-0.2, 0) is 13.0 Å². The van der Waals surface area contributed by atoms with Crippen LogP contribution in [0.1, 0.15) is 55.5 Å². The highest BCUT2D eigenvalue weighted by Crippen LogP contribution is 2.40. The van der Waals surface area contributed by atoms with Gasteiger partial charge in [-0.05, 0) is 62.4 Å². The van der Waals surface area contributed by atoms with Crippen molar-refractivity contribution in [3.8, 4) is 11.5 Å². The Bertz CT molecular complexity index is 911. The number of methoxy groups -OCH3 is 2. The molecule has 2 aromatic rings. The Kier molecular flexibility index (Phi) is 8.02. The third kappa shape index (κ3) is 5.54. The fraction of sp³-hybridized carbons (Fsp3) is 0.500. The fourth-order valence-electron chi connectivity index (χ4n) is 4.48. The number of nitrogens with one attached hydrogen (secondary N) is 2. The first-order chi connectivity index (χ1) is 15.4. The van der Waals surface area contributed by atoms with Crippen LogP contribution in [0.3, 0.4) is 0 Å². The highest BCUT2D eigenvalue weighted by molar-refractivity contribution is 5.74. The Balaban J connectivity index is 1.99. The second kappa shape index (κ2) is 10.7. The van der Waals surface area contributed by atoms with Crippen molar-refractivity contribution in [1.29, 1.82) is 0 Å². The van der Waals surface area contributed by atoms with Gasteiger partial charge >= 0.3 is 6.03 Å². The second-order valence-corrected chi connectivity index (χ2v) is 8.84. The quantitative estimate of drug-likeness (QED) is 0.631. The molecule has 3 rings (SSSR count). The molecule has 2 amide bonds. The van der Waals surface area contributed by atoms with Crippen molar-refractivity contribution in [3.63, 3.8) is 0 Å². The van der Waals surface area contributed by atoms with Gasteiger partial charge in [0.15, 0.2) is 11.5 Å². The third-order valence-electron chi connectivity index (χ3n) is 6.09. The first-order valence-electron chi connectivity index (χ1n) is 11.5. The summed E-state index contributed by atoms with van der Waals surface area (Å²) in [7, 11) is 3.33. The van der Waals surface area contributed by atoms with Crippen LogP contribution in [0.25, 0.3) is 0 Å². The molecule has 0 saturated carbocycles. The Hall–Kier alpha value is -2.73. The van der Waals surface area contributed by atoms with Gasteiger partial charge in [0.1, 0.15) is 0 Å². The monoisotopic (exact) mass is 439 g/mol. The first-order valence-corrected chi connectivity index (χ1v) is 11.5. The van der Waals surface area contributed by atoms with Crippen LogP contribution in [0.2, 0.25) is 0 Å². The van der Waals surface area contributed by atoms with E-state index in [0.717, 1.165) is 37.4 Å². The normalized spacial score (nSPS) is 16.9. The van der Waals surface area contributed by atoms with Crippen molar-refractivity contribution in [2.24, 2.45) is 0 Å². The molecule has 2 N–H and O–H groups in total. The number of carbonyl (C=O) groups excluding carboxylic acids is 1. The van der Waals surface area contributed by atoms with Crippen molar-refractivity contribution in [2.75, 3.05) is 20.8 Å². The molecule has 2 atom stereocenters. The van der Waals surface area contributed by atoms with Crippen molar-refractivity contribution in [3.05, 3.63) is 58.7 Å². The summed E-state index contributed by atoms with van der Waals surface area (Å²) in [4.78, 5) is 15.1. The van der Waals surface area contributed by atoms with Gasteiger partial charge in [0.05, 0.1) is 26.3 Å². The van der Waals surface area contributed by atoms with Gasteiger partial charge in [0.25, 0.3) is 0 Å². The molecular formula is C26H37N3O3. The minimum atomic E-state index is -0.130. The summed E-state index contributed by atoms with van der Waals surface area (Å²) in [6.07, 6.45) is 1.74. The molecule has 0 aromatic heterocycles. The zero-order valence-electron chi connectivity index (χ0n) is 20.2. The molecule has 6 heteroatoms. The topological polar surface area (TPSA) is 62.8 Å². The number of ether oxygens (including phenoxy) is 2. The standard InChI is InChI=1S/C26H37N3O3/c1-7-22(28-26(30)27-17(2)3)25-21-15-24(32-6)23(31-5)14-20(21)12-13-29(25)16-19-10-8-18(4)9-11-19/h8-11,14-15,17,22,25H,7,12-13,16H2,1-6H3,(H2,27,28,30)/t22-,25-/m1/s1. The predicted octanol–water partition coefficient (Wildman–Crippen LogP) is 4.60. The molecule has 2 aromatic carbocycles. The molecule has 1 aliphatic rings. The van der Waals surface area contributed by atoms with Gasteiger partial charge in [0, 0.05) is 19.1 Å². The first kappa shape index (κ1) is 23.9. The SMILES string of the molecule is CC[C@@H](NC(=O)NC(C)C)[C@H]1c2cc(OC)c(OC)cc2CCN1Cc1ccc(C)cc1. The number of fused-ring (bicyclic) bond motifs is 1. The molecule has 32 heavy (non-hydrogen) atoms. The highest BCUT2D eigenvalue weighted by Gasteiger charge is 2.35. The summed E-state index contributed by atoms with van der Waals surface area (Å²) >= 11 is 0. The van der Waals surface area contributed by atoms with Crippen LogP contribution < -0.4 is 20.1 Å². The van der Waals surface area contributed by atoms with E-state index >= 15 is 0 Å². The Morgan fingerprint density at radius 2 is 1.75 bits per heavy atom. The van der Waals surface area contributed by atoms with Gasteiger partial charge in [-0.3, -0.25) is 4.90 Å². The number of hydrogen-bond acceptors (Lipinski definition) is 4. The number of aryl methyl sites for hydroxylation is 1. The third-order valence-corrected chi connectivity index (χ3v) is 6.09. The van der Waals surface area contributed by atoms with Crippen molar-refractivity contribution in [2.45, 2.75) is 65.2 Å². The number of amides is 2. The van der Waals surface area contributed by atoms with E-state index in [1.165, 1.54) is 22.3 Å². The summed E-state index contributed by atoms with van der Waals surface area (Å²) < 4.78 is 11.2. The van der Waals surface area contributed by atoms with Crippen LogP contribution in [0, 0.1) is 6.92 Å². The van der Waals surface area contributed by atoms with E-state index in [-0.39, 0.29) is 24.2 Å². The summed E-state index contributed by atoms with van der Waals surface area (Å²) in [5, 5.41) is 6.20. The number of nitrogens with zero attached hydrogens (tertiary/aromatic N) is 1. The van der Waals surface area contributed by atoms with Gasteiger partial charge in [0.2, 0.25) is 0 Å². The number of hydrogen-bond donors (Lipinski definition) is 2. The second-order valence-electron chi connectivity index (χ2n) is 8.84. The van der Waals surface area contributed by atoms with Gasteiger partial charge in [-0.1, -0.05) is 36.8 Å². The summed E-state index contributed by atoms with van der Waals surface area (Å²) in [6, 6.07) is 12.8. The Labute approximate surface area is 192 Å². The lowest BCUT2D eigenvalue weighted by atomic mass is 9.86. The van der Waals surface area contributed by atoms with Crippen LogP contribution in [-0.4, -0.2) is 43.8 Å². The van der Waals surface area contributed by atoms with Gasteiger partial charge < -0.3 is 20.1 Å². The molecular weight excluding hydrogens is 402 g/mol. The number of urea groups is 1. The number of carbonyl (C=O) groups is 1. The lowest BCUT2D eigenvalue weighted by Gasteiger charge is -2.42. The highest BCUT2D eigenvalue weighted by atomic mass is 16.5. The maximum atomic E-state index is 12.6. The van der Waals surface area contributed by atoms with Gasteiger partial charge in [-0.25, -0.2) is 4.79 Å². The zero-order chi connectivity index (χ0) is 23.3. The maximum Gasteiger partial charge on any atom is 0.315 e. The molecule has 0 spiro atoms. The van der Waals surface area contributed by atoms with E-state index in [9.17, 15) is 4.79 Å². The predicted molar refractivity (Wildman–Crippen MR) is 128 cm³/mol. The average Bonchev–Trinajstić information content (AvgIpc) is 2.77. The van der Waals surface area contributed by atoms with Crippen molar-refractivity contribution in [1.82, 2.24) is 15.5 Å². The number of rotatable bonds is 8. The molecule has 1 aliphatic heterocycles.